The van der Waals surface area contributed by atoms with Crippen molar-refractivity contribution in [3.8, 4) is 0 Å². The second-order valence-electron chi connectivity index (χ2n) is 7.20. The fourth-order valence-electron chi connectivity index (χ4n) is 4.38. The Hall–Kier alpha value is -1.59. The average Bonchev–Trinajstić information content (AvgIpc) is 3.33. The summed E-state index contributed by atoms with van der Waals surface area (Å²) >= 11 is 0. The number of carbonyl (C=O) groups excluding carboxylic acids is 1. The molecule has 5 heteroatoms. The van der Waals surface area contributed by atoms with Gasteiger partial charge in [0.1, 0.15) is 5.76 Å². The summed E-state index contributed by atoms with van der Waals surface area (Å²) in [4.78, 5) is 15.2. The summed E-state index contributed by atoms with van der Waals surface area (Å²) in [5.41, 5.74) is 0. The Morgan fingerprint density at radius 3 is 3.08 bits per heavy atom. The van der Waals surface area contributed by atoms with Crippen LogP contribution >= 0.6 is 0 Å². The molecule has 2 saturated heterocycles. The van der Waals surface area contributed by atoms with Crippen LogP contribution < -0.4 is 5.32 Å². The first-order chi connectivity index (χ1) is 11.8. The van der Waals surface area contributed by atoms with Gasteiger partial charge in [-0.1, -0.05) is 12.2 Å². The molecule has 0 spiro atoms. The maximum absolute atomic E-state index is 12.7. The van der Waals surface area contributed by atoms with Gasteiger partial charge in [0.2, 0.25) is 5.91 Å². The third-order valence-electron chi connectivity index (χ3n) is 5.62. The van der Waals surface area contributed by atoms with Gasteiger partial charge in [-0.25, -0.2) is 0 Å². The molecule has 0 bridgehead atoms. The number of allylic oxidation sites excluding steroid dienone is 2. The molecule has 2 fully saturated rings. The molecular weight excluding hydrogens is 304 g/mol. The Morgan fingerprint density at radius 1 is 1.33 bits per heavy atom. The van der Waals surface area contributed by atoms with E-state index in [-0.39, 0.29) is 17.9 Å². The summed E-state index contributed by atoms with van der Waals surface area (Å²) in [6.45, 7) is 3.14. The summed E-state index contributed by atoms with van der Waals surface area (Å²) in [5.74, 6) is 1.54. The third kappa shape index (κ3) is 3.28. The van der Waals surface area contributed by atoms with E-state index in [9.17, 15) is 4.79 Å². The third-order valence-corrected chi connectivity index (χ3v) is 5.62. The standard InChI is InChI=1S/C19H26N2O3/c22-19(20-11-15-7-4-9-23-15)16-13-21(17-8-10-24-18(16)17)12-14-5-2-1-3-6-14/h1-2,4,7,9,14,16-18H,3,5-6,8,10-13H2,(H,20,22)/t14?,16-,17+,18+/m0/s1. The zero-order chi connectivity index (χ0) is 16.4. The average molecular weight is 330 g/mol. The molecular formula is C19H26N2O3. The fraction of sp³-hybridized carbons (Fsp3) is 0.632. The van der Waals surface area contributed by atoms with Gasteiger partial charge in [-0.3, -0.25) is 9.69 Å². The van der Waals surface area contributed by atoms with Gasteiger partial charge in [0.15, 0.2) is 0 Å². The molecule has 1 aliphatic carbocycles. The second-order valence-corrected chi connectivity index (χ2v) is 7.20. The number of likely N-dealkylation sites (tertiary alicyclic amines) is 1. The summed E-state index contributed by atoms with van der Waals surface area (Å²) in [6.07, 6.45) is 11.0. The van der Waals surface area contributed by atoms with Gasteiger partial charge in [0.25, 0.3) is 0 Å². The van der Waals surface area contributed by atoms with Crippen LogP contribution in [0.25, 0.3) is 0 Å². The monoisotopic (exact) mass is 330 g/mol. The van der Waals surface area contributed by atoms with E-state index in [1.165, 1.54) is 19.3 Å². The minimum absolute atomic E-state index is 0.0562. The van der Waals surface area contributed by atoms with Crippen molar-refractivity contribution in [3.05, 3.63) is 36.3 Å². The number of fused-ring (bicyclic) bond motifs is 1. The lowest BCUT2D eigenvalue weighted by molar-refractivity contribution is -0.127. The Labute approximate surface area is 143 Å². The van der Waals surface area contributed by atoms with Crippen LogP contribution in [0, 0.1) is 11.8 Å². The molecule has 0 saturated carbocycles. The molecule has 3 heterocycles. The number of hydrogen-bond acceptors (Lipinski definition) is 4. The van der Waals surface area contributed by atoms with Crippen molar-refractivity contribution in [1.82, 2.24) is 10.2 Å². The van der Waals surface area contributed by atoms with E-state index in [2.05, 4.69) is 22.4 Å². The summed E-state index contributed by atoms with van der Waals surface area (Å²) in [5, 5.41) is 3.01. The first-order valence-electron chi connectivity index (χ1n) is 9.12. The normalized spacial score (nSPS) is 32.8. The quantitative estimate of drug-likeness (QED) is 0.842. The smallest absolute Gasteiger partial charge is 0.227 e. The minimum Gasteiger partial charge on any atom is -0.467 e. The lowest BCUT2D eigenvalue weighted by Crippen LogP contribution is -2.37. The van der Waals surface area contributed by atoms with Gasteiger partial charge >= 0.3 is 0 Å². The topological polar surface area (TPSA) is 54.7 Å². The molecule has 4 rings (SSSR count). The molecule has 1 amide bonds. The number of nitrogens with one attached hydrogen (secondary N) is 1. The van der Waals surface area contributed by atoms with Crippen LogP contribution in [0.4, 0.5) is 0 Å². The van der Waals surface area contributed by atoms with Crippen LogP contribution in [-0.2, 0) is 16.1 Å². The Kier molecular flexibility index (Phi) is 4.72. The molecule has 130 valence electrons. The second kappa shape index (κ2) is 7.11. The molecule has 4 atom stereocenters. The Balaban J connectivity index is 1.36. The van der Waals surface area contributed by atoms with Crippen LogP contribution in [0.3, 0.4) is 0 Å². The molecule has 1 unspecified atom stereocenters. The van der Waals surface area contributed by atoms with Crippen LogP contribution in [0.15, 0.2) is 35.0 Å². The van der Waals surface area contributed by atoms with Crippen molar-refractivity contribution >= 4 is 5.91 Å². The fourth-order valence-corrected chi connectivity index (χ4v) is 4.38. The zero-order valence-electron chi connectivity index (χ0n) is 14.0. The largest absolute Gasteiger partial charge is 0.467 e. The Morgan fingerprint density at radius 2 is 2.29 bits per heavy atom. The van der Waals surface area contributed by atoms with Crippen LogP contribution in [-0.4, -0.2) is 42.6 Å². The predicted octanol–water partition coefficient (Wildman–Crippen LogP) is 2.34. The highest BCUT2D eigenvalue weighted by Crippen LogP contribution is 2.35. The lowest BCUT2D eigenvalue weighted by Gasteiger charge is -2.28. The molecule has 24 heavy (non-hydrogen) atoms. The van der Waals surface area contributed by atoms with Gasteiger partial charge in [-0.2, -0.15) is 0 Å². The zero-order valence-corrected chi connectivity index (χ0v) is 14.0. The molecule has 1 aromatic heterocycles. The van der Waals surface area contributed by atoms with E-state index in [1.807, 2.05) is 12.1 Å². The first-order valence-corrected chi connectivity index (χ1v) is 9.12. The van der Waals surface area contributed by atoms with Crippen molar-refractivity contribution in [2.45, 2.75) is 44.4 Å². The van der Waals surface area contributed by atoms with Crippen molar-refractivity contribution in [2.24, 2.45) is 11.8 Å². The van der Waals surface area contributed by atoms with Gasteiger partial charge < -0.3 is 14.5 Å². The van der Waals surface area contributed by atoms with E-state index in [0.29, 0.717) is 12.6 Å². The summed E-state index contributed by atoms with van der Waals surface area (Å²) < 4.78 is 11.2. The number of ether oxygens (including phenoxy) is 1. The van der Waals surface area contributed by atoms with E-state index >= 15 is 0 Å². The predicted molar refractivity (Wildman–Crippen MR) is 90.2 cm³/mol. The molecule has 2 aliphatic heterocycles. The van der Waals surface area contributed by atoms with E-state index in [1.54, 1.807) is 6.26 Å². The van der Waals surface area contributed by atoms with E-state index < -0.39 is 0 Å². The van der Waals surface area contributed by atoms with E-state index in [4.69, 9.17) is 9.15 Å². The number of nitrogens with zero attached hydrogens (tertiary/aromatic N) is 1. The maximum atomic E-state index is 12.7. The summed E-state index contributed by atoms with van der Waals surface area (Å²) in [6, 6.07) is 4.13. The Bertz CT molecular complexity index is 583. The van der Waals surface area contributed by atoms with Gasteiger partial charge in [0, 0.05) is 25.7 Å². The first kappa shape index (κ1) is 15.9. The highest BCUT2D eigenvalue weighted by atomic mass is 16.5. The number of rotatable bonds is 5. The molecule has 0 radical (unpaired) electrons. The summed E-state index contributed by atoms with van der Waals surface area (Å²) in [7, 11) is 0. The van der Waals surface area contributed by atoms with Crippen molar-refractivity contribution < 1.29 is 13.9 Å². The van der Waals surface area contributed by atoms with Gasteiger partial charge in [0.05, 0.1) is 24.8 Å². The van der Waals surface area contributed by atoms with Crippen molar-refractivity contribution in [2.75, 3.05) is 19.7 Å². The van der Waals surface area contributed by atoms with Crippen molar-refractivity contribution in [1.29, 1.82) is 0 Å². The molecule has 0 aromatic carbocycles. The molecule has 1 N–H and O–H groups in total. The molecule has 5 nitrogen and oxygen atoms in total. The lowest BCUT2D eigenvalue weighted by atomic mass is 9.93. The van der Waals surface area contributed by atoms with Gasteiger partial charge in [-0.15, -0.1) is 0 Å². The molecule has 1 aromatic rings. The van der Waals surface area contributed by atoms with Crippen LogP contribution in [0.1, 0.15) is 31.4 Å². The van der Waals surface area contributed by atoms with E-state index in [0.717, 1.165) is 37.8 Å². The number of hydrogen-bond donors (Lipinski definition) is 1. The number of amides is 1. The SMILES string of the molecule is O=C(NCc1ccco1)[C@H]1CN(CC2CC=CCC2)[C@@H]2CCO[C@H]12. The molecule has 3 aliphatic rings. The maximum Gasteiger partial charge on any atom is 0.227 e. The van der Waals surface area contributed by atoms with Crippen LogP contribution in [0.2, 0.25) is 0 Å². The van der Waals surface area contributed by atoms with Crippen molar-refractivity contribution in [3.63, 3.8) is 0 Å². The minimum atomic E-state index is -0.0633. The van der Waals surface area contributed by atoms with Gasteiger partial charge in [-0.05, 0) is 43.7 Å². The number of carbonyl (C=O) groups is 1. The number of furan rings is 1. The van der Waals surface area contributed by atoms with Crippen LogP contribution in [0.5, 0.6) is 0 Å². The highest BCUT2D eigenvalue weighted by Gasteiger charge is 2.48. The highest BCUT2D eigenvalue weighted by molar-refractivity contribution is 5.80.